The van der Waals surface area contributed by atoms with Crippen molar-refractivity contribution in [1.29, 1.82) is 0 Å². The molecule has 0 saturated heterocycles. The zero-order chi connectivity index (χ0) is 11.5. The smallest absolute Gasteiger partial charge is 0.180 e. The first-order valence-corrected chi connectivity index (χ1v) is 6.54. The van der Waals surface area contributed by atoms with Crippen molar-refractivity contribution in [3.05, 3.63) is 30.3 Å². The maximum atomic E-state index is 11.8. The summed E-state index contributed by atoms with van der Waals surface area (Å²) in [5.41, 5.74) is 0. The van der Waals surface area contributed by atoms with Crippen molar-refractivity contribution in [1.82, 2.24) is 0 Å². The lowest BCUT2D eigenvalue weighted by molar-refractivity contribution is 0.147. The van der Waals surface area contributed by atoms with Crippen LogP contribution in [-0.2, 0) is 9.84 Å². The van der Waals surface area contributed by atoms with E-state index in [2.05, 4.69) is 0 Å². The number of aliphatic hydroxyl groups is 1. The zero-order valence-corrected chi connectivity index (χ0v) is 9.74. The lowest BCUT2D eigenvalue weighted by Crippen LogP contribution is -2.25. The second kappa shape index (κ2) is 4.77. The molecule has 0 heterocycles. The predicted octanol–water partition coefficient (Wildman–Crippen LogP) is 1.48. The zero-order valence-electron chi connectivity index (χ0n) is 8.92. The highest BCUT2D eigenvalue weighted by molar-refractivity contribution is 7.91. The van der Waals surface area contributed by atoms with Gasteiger partial charge in [0.15, 0.2) is 9.84 Å². The van der Waals surface area contributed by atoms with Crippen LogP contribution in [-0.4, -0.2) is 25.4 Å². The topological polar surface area (TPSA) is 54.4 Å². The molecular weight excluding hydrogens is 212 g/mol. The van der Waals surface area contributed by atoms with Gasteiger partial charge in [-0.15, -0.1) is 0 Å². The van der Waals surface area contributed by atoms with E-state index in [1.54, 1.807) is 44.2 Å². The van der Waals surface area contributed by atoms with E-state index in [9.17, 15) is 13.5 Å². The fourth-order valence-corrected chi connectivity index (χ4v) is 2.74. The second-order valence-corrected chi connectivity index (χ2v) is 5.94. The van der Waals surface area contributed by atoms with Crippen LogP contribution in [0.15, 0.2) is 35.2 Å². The molecule has 1 aromatic carbocycles. The Labute approximate surface area is 90.7 Å². The molecule has 84 valence electrons. The minimum absolute atomic E-state index is 0.0523. The SMILES string of the molecule is CC(C)[C@@H](O)CS(=O)(=O)c1ccccc1. The van der Waals surface area contributed by atoms with Gasteiger partial charge in [-0.25, -0.2) is 8.42 Å². The summed E-state index contributed by atoms with van der Waals surface area (Å²) in [6.07, 6.45) is -0.810. The number of benzene rings is 1. The fourth-order valence-electron chi connectivity index (χ4n) is 1.14. The minimum atomic E-state index is -3.35. The number of sulfone groups is 1. The van der Waals surface area contributed by atoms with Crippen molar-refractivity contribution in [3.8, 4) is 0 Å². The van der Waals surface area contributed by atoms with Crippen LogP contribution in [0.5, 0.6) is 0 Å². The van der Waals surface area contributed by atoms with E-state index in [4.69, 9.17) is 0 Å². The molecule has 0 radical (unpaired) electrons. The highest BCUT2D eigenvalue weighted by Gasteiger charge is 2.21. The molecule has 0 spiro atoms. The third-order valence-corrected chi connectivity index (χ3v) is 4.03. The van der Waals surface area contributed by atoms with E-state index in [0.29, 0.717) is 0 Å². The molecule has 1 N–H and O–H groups in total. The summed E-state index contributed by atoms with van der Waals surface area (Å²) in [6, 6.07) is 8.20. The van der Waals surface area contributed by atoms with Gasteiger partial charge in [-0.1, -0.05) is 32.0 Å². The van der Waals surface area contributed by atoms with Crippen LogP contribution in [0, 0.1) is 5.92 Å². The Morgan fingerprint density at radius 3 is 2.20 bits per heavy atom. The van der Waals surface area contributed by atoms with E-state index in [1.807, 2.05) is 0 Å². The highest BCUT2D eigenvalue weighted by Crippen LogP contribution is 2.14. The maximum absolute atomic E-state index is 11.8. The summed E-state index contributed by atoms with van der Waals surface area (Å²) < 4.78 is 23.6. The van der Waals surface area contributed by atoms with E-state index in [0.717, 1.165) is 0 Å². The molecule has 0 aliphatic carbocycles. The molecule has 1 aromatic rings. The van der Waals surface area contributed by atoms with Crippen LogP contribution >= 0.6 is 0 Å². The van der Waals surface area contributed by atoms with Crippen molar-refractivity contribution >= 4 is 9.84 Å². The number of aliphatic hydroxyl groups excluding tert-OH is 1. The largest absolute Gasteiger partial charge is 0.392 e. The van der Waals surface area contributed by atoms with Gasteiger partial charge in [-0.2, -0.15) is 0 Å². The Kier molecular flexibility index (Phi) is 3.88. The first-order valence-electron chi connectivity index (χ1n) is 4.89. The Morgan fingerprint density at radius 2 is 1.73 bits per heavy atom. The van der Waals surface area contributed by atoms with Gasteiger partial charge in [0.05, 0.1) is 16.8 Å². The molecule has 1 rings (SSSR count). The molecule has 0 amide bonds. The van der Waals surface area contributed by atoms with Crippen molar-refractivity contribution in [2.45, 2.75) is 24.8 Å². The standard InChI is InChI=1S/C11H16O3S/c1-9(2)11(12)8-15(13,14)10-6-4-3-5-7-10/h3-7,9,11-12H,8H2,1-2H3/t11-/m0/s1. The summed E-state index contributed by atoms with van der Waals surface area (Å²) in [6.45, 7) is 3.59. The molecule has 0 aliphatic heterocycles. The monoisotopic (exact) mass is 228 g/mol. The summed E-state index contributed by atoms with van der Waals surface area (Å²) >= 11 is 0. The third-order valence-electron chi connectivity index (χ3n) is 2.26. The molecule has 0 aliphatic rings. The van der Waals surface area contributed by atoms with E-state index >= 15 is 0 Å². The van der Waals surface area contributed by atoms with Crippen LogP contribution in [0.1, 0.15) is 13.8 Å². The summed E-state index contributed by atoms with van der Waals surface area (Å²) in [5.74, 6) is -0.266. The molecule has 0 fully saturated rings. The summed E-state index contributed by atoms with van der Waals surface area (Å²) in [7, 11) is -3.35. The lowest BCUT2D eigenvalue weighted by atomic mass is 10.1. The summed E-state index contributed by atoms with van der Waals surface area (Å²) in [5, 5.41) is 9.54. The molecule has 0 unspecified atom stereocenters. The third kappa shape index (κ3) is 3.32. The van der Waals surface area contributed by atoms with Gasteiger partial charge < -0.3 is 5.11 Å². The van der Waals surface area contributed by atoms with E-state index in [-0.39, 0.29) is 16.6 Å². The Bertz CT molecular complexity index is 395. The minimum Gasteiger partial charge on any atom is -0.392 e. The quantitative estimate of drug-likeness (QED) is 0.849. The van der Waals surface area contributed by atoms with Crippen molar-refractivity contribution < 1.29 is 13.5 Å². The van der Waals surface area contributed by atoms with Crippen molar-refractivity contribution in [3.63, 3.8) is 0 Å². The number of hydrogen-bond acceptors (Lipinski definition) is 3. The van der Waals surface area contributed by atoms with Gasteiger partial charge in [-0.05, 0) is 18.1 Å². The first kappa shape index (κ1) is 12.2. The van der Waals surface area contributed by atoms with Crippen LogP contribution in [0.4, 0.5) is 0 Å². The lowest BCUT2D eigenvalue weighted by Gasteiger charge is -2.14. The van der Waals surface area contributed by atoms with Gasteiger partial charge >= 0.3 is 0 Å². The van der Waals surface area contributed by atoms with Crippen molar-refractivity contribution in [2.24, 2.45) is 5.92 Å². The highest BCUT2D eigenvalue weighted by atomic mass is 32.2. The molecule has 1 atom stereocenters. The predicted molar refractivity (Wildman–Crippen MR) is 59.3 cm³/mol. The average Bonchev–Trinajstić information content (AvgIpc) is 2.18. The van der Waals surface area contributed by atoms with Crippen LogP contribution < -0.4 is 0 Å². The Hall–Kier alpha value is -0.870. The molecular formula is C11H16O3S. The van der Waals surface area contributed by atoms with E-state index < -0.39 is 15.9 Å². The molecule has 0 saturated carbocycles. The Balaban J connectivity index is 2.86. The van der Waals surface area contributed by atoms with E-state index in [1.165, 1.54) is 0 Å². The molecule has 15 heavy (non-hydrogen) atoms. The Morgan fingerprint density at radius 1 is 1.20 bits per heavy atom. The molecule has 0 bridgehead atoms. The maximum Gasteiger partial charge on any atom is 0.180 e. The number of rotatable bonds is 4. The van der Waals surface area contributed by atoms with Crippen LogP contribution in [0.25, 0.3) is 0 Å². The molecule has 0 aromatic heterocycles. The summed E-state index contributed by atoms with van der Waals surface area (Å²) in [4.78, 5) is 0.268. The second-order valence-electron chi connectivity index (χ2n) is 3.91. The van der Waals surface area contributed by atoms with Crippen LogP contribution in [0.3, 0.4) is 0 Å². The van der Waals surface area contributed by atoms with Crippen molar-refractivity contribution in [2.75, 3.05) is 5.75 Å². The fraction of sp³-hybridized carbons (Fsp3) is 0.455. The van der Waals surface area contributed by atoms with Gasteiger partial charge in [0.2, 0.25) is 0 Å². The first-order chi connectivity index (χ1) is 6.93. The number of hydrogen-bond donors (Lipinski definition) is 1. The van der Waals surface area contributed by atoms with Gasteiger partial charge in [0.25, 0.3) is 0 Å². The van der Waals surface area contributed by atoms with Gasteiger partial charge in [-0.3, -0.25) is 0 Å². The van der Waals surface area contributed by atoms with Crippen LogP contribution in [0.2, 0.25) is 0 Å². The molecule has 3 nitrogen and oxygen atoms in total. The molecule has 4 heteroatoms. The normalized spacial score (nSPS) is 14.1. The average molecular weight is 228 g/mol. The van der Waals surface area contributed by atoms with Gasteiger partial charge in [0, 0.05) is 0 Å². The van der Waals surface area contributed by atoms with Gasteiger partial charge in [0.1, 0.15) is 0 Å².